The molecule has 8 nitrogen and oxygen atoms in total. The van der Waals surface area contributed by atoms with Crippen molar-refractivity contribution in [1.82, 2.24) is 4.98 Å². The molecule has 1 amide bonds. The van der Waals surface area contributed by atoms with Gasteiger partial charge >= 0.3 is 0 Å². The van der Waals surface area contributed by atoms with Crippen molar-refractivity contribution in [2.75, 3.05) is 5.32 Å². The van der Waals surface area contributed by atoms with Crippen molar-refractivity contribution in [2.24, 2.45) is 17.8 Å². The van der Waals surface area contributed by atoms with Crippen LogP contribution < -0.4 is 5.32 Å². The van der Waals surface area contributed by atoms with E-state index in [0.29, 0.717) is 0 Å². The normalized spacial score (nSPS) is 27.0. The van der Waals surface area contributed by atoms with E-state index in [1.807, 2.05) is 6.92 Å². The van der Waals surface area contributed by atoms with Crippen LogP contribution in [0.25, 0.3) is 0 Å². The molecule has 0 radical (unpaired) electrons. The highest BCUT2D eigenvalue weighted by Crippen LogP contribution is 2.61. The largest absolute Gasteiger partial charge is 0.387 e. The van der Waals surface area contributed by atoms with Crippen molar-refractivity contribution in [3.8, 4) is 0 Å². The third-order valence-corrected chi connectivity index (χ3v) is 11.1. The van der Waals surface area contributed by atoms with Gasteiger partial charge in [0.2, 0.25) is 0 Å². The van der Waals surface area contributed by atoms with Gasteiger partial charge in [0.05, 0.1) is 32.7 Å². The highest BCUT2D eigenvalue weighted by molar-refractivity contribution is 7.92. The lowest BCUT2D eigenvalue weighted by Gasteiger charge is -2.64. The molecule has 3 fully saturated rings. The molecule has 4 unspecified atom stereocenters. The molecule has 0 saturated heterocycles. The number of sulfone groups is 1. The first-order valence-electron chi connectivity index (χ1n) is 12.7. The van der Waals surface area contributed by atoms with Crippen LogP contribution in [0.2, 0.25) is 5.02 Å². The molecular formula is C28H26ClF3N2O6S. The van der Waals surface area contributed by atoms with Crippen LogP contribution in [0.5, 0.6) is 0 Å². The number of anilines is 1. The van der Waals surface area contributed by atoms with E-state index in [1.54, 1.807) is 0 Å². The summed E-state index contributed by atoms with van der Waals surface area (Å²) in [7, 11) is -4.14. The predicted molar refractivity (Wildman–Crippen MR) is 142 cm³/mol. The van der Waals surface area contributed by atoms with Gasteiger partial charge in [-0.05, 0) is 73.1 Å². The van der Waals surface area contributed by atoms with Crippen LogP contribution in [0.4, 0.5) is 18.9 Å². The molecule has 41 heavy (non-hydrogen) atoms. The molecule has 4 N–H and O–H groups in total. The molecule has 2 aromatic carbocycles. The molecule has 1 heterocycles. The Kier molecular flexibility index (Phi) is 7.66. The van der Waals surface area contributed by atoms with Gasteiger partial charge in [-0.15, -0.1) is 0 Å². The van der Waals surface area contributed by atoms with Crippen molar-refractivity contribution in [3.63, 3.8) is 0 Å². The zero-order valence-electron chi connectivity index (χ0n) is 21.5. The van der Waals surface area contributed by atoms with Crippen LogP contribution in [0.3, 0.4) is 0 Å². The Hall–Kier alpha value is -3.03. The molecule has 218 valence electrons. The van der Waals surface area contributed by atoms with Crippen LogP contribution in [0.1, 0.15) is 41.9 Å². The Labute approximate surface area is 238 Å². The van der Waals surface area contributed by atoms with Crippen molar-refractivity contribution >= 4 is 33.0 Å². The topological polar surface area (TPSA) is 137 Å². The molecule has 4 atom stereocenters. The molecule has 3 aromatic rings. The first kappa shape index (κ1) is 29.5. The lowest BCUT2D eigenvalue weighted by Crippen LogP contribution is -2.72. The van der Waals surface area contributed by atoms with Gasteiger partial charge in [0, 0.05) is 17.3 Å². The second-order valence-electron chi connectivity index (χ2n) is 10.6. The Morgan fingerprint density at radius 2 is 1.73 bits per heavy atom. The number of hydrogen-bond acceptors (Lipinski definition) is 7. The molecular weight excluding hydrogens is 585 g/mol. The fraction of sp³-hybridized carbons (Fsp3) is 0.357. The molecule has 3 aliphatic rings. The number of aliphatic hydroxyl groups is 3. The number of halogens is 4. The number of nitrogens with one attached hydrogen (secondary N) is 1. The molecule has 3 saturated carbocycles. The molecule has 0 spiro atoms. The summed E-state index contributed by atoms with van der Waals surface area (Å²) in [5.74, 6) is -5.25. The van der Waals surface area contributed by atoms with Crippen molar-refractivity contribution in [2.45, 2.75) is 47.7 Å². The van der Waals surface area contributed by atoms with Gasteiger partial charge in [0.1, 0.15) is 18.0 Å². The number of benzene rings is 2. The number of hydrogen-bond donors (Lipinski definition) is 4. The summed E-state index contributed by atoms with van der Waals surface area (Å²) in [4.78, 5) is 16.2. The van der Waals surface area contributed by atoms with Gasteiger partial charge in [0.15, 0.2) is 21.5 Å². The molecule has 6 rings (SSSR count). The van der Waals surface area contributed by atoms with Crippen LogP contribution >= 0.6 is 11.6 Å². The smallest absolute Gasteiger partial charge is 0.255 e. The first-order valence-corrected chi connectivity index (χ1v) is 14.7. The molecule has 3 aliphatic carbocycles. The van der Waals surface area contributed by atoms with E-state index in [-0.39, 0.29) is 45.6 Å². The summed E-state index contributed by atoms with van der Waals surface area (Å²) >= 11 is 6.25. The second-order valence-corrected chi connectivity index (χ2v) is 13.2. The minimum atomic E-state index is -4.14. The number of rotatable bonds is 7. The monoisotopic (exact) mass is 610 g/mol. The molecule has 13 heteroatoms. The van der Waals surface area contributed by atoms with E-state index in [2.05, 4.69) is 10.3 Å². The fourth-order valence-corrected chi connectivity index (χ4v) is 8.59. The third-order valence-electron chi connectivity index (χ3n) is 8.43. The van der Waals surface area contributed by atoms with E-state index in [1.165, 1.54) is 18.2 Å². The van der Waals surface area contributed by atoms with Crippen LogP contribution in [-0.2, 0) is 9.84 Å². The standard InChI is InChI=1S/C28H26ClF3N2O6S/c1-13-18-10-17(11-19(13)28(18,38)26(36)25(35)23-7-3-15(30)12-33-23)41(39,40)24-8-14(2-5-20(24)29)27(37)34-16-4-6-21(31)22(32)9-16/h2-9,12-13,17-19,25-26,35-36,38H,10-11H2,1H3,(H,34,37). The van der Waals surface area contributed by atoms with Gasteiger partial charge < -0.3 is 20.6 Å². The summed E-state index contributed by atoms with van der Waals surface area (Å²) in [5.41, 5.74) is -1.98. The maximum Gasteiger partial charge on any atom is 0.255 e. The average Bonchev–Trinajstić information content (AvgIpc) is 2.95. The Morgan fingerprint density at radius 1 is 1.05 bits per heavy atom. The van der Waals surface area contributed by atoms with Gasteiger partial charge in [-0.2, -0.15) is 0 Å². The Bertz CT molecular complexity index is 1590. The summed E-state index contributed by atoms with van der Waals surface area (Å²) < 4.78 is 67.4. The van der Waals surface area contributed by atoms with Crippen LogP contribution in [0, 0.1) is 35.2 Å². The van der Waals surface area contributed by atoms with Crippen LogP contribution in [0.15, 0.2) is 59.6 Å². The molecule has 0 aliphatic heterocycles. The summed E-state index contributed by atoms with van der Waals surface area (Å²) in [6, 6.07) is 8.66. The lowest BCUT2D eigenvalue weighted by atomic mass is 9.45. The van der Waals surface area contributed by atoms with Crippen molar-refractivity contribution in [1.29, 1.82) is 0 Å². The lowest BCUT2D eigenvalue weighted by molar-refractivity contribution is -0.280. The first-order chi connectivity index (χ1) is 19.2. The number of aliphatic hydroxyl groups excluding tert-OH is 2. The quantitative estimate of drug-likeness (QED) is 0.317. The number of aromatic nitrogens is 1. The number of amides is 1. The highest BCUT2D eigenvalue weighted by atomic mass is 35.5. The van der Waals surface area contributed by atoms with E-state index in [4.69, 9.17) is 11.6 Å². The average molecular weight is 611 g/mol. The fourth-order valence-electron chi connectivity index (χ4n) is 6.24. The van der Waals surface area contributed by atoms with E-state index in [9.17, 15) is 41.7 Å². The maximum absolute atomic E-state index is 13.7. The SMILES string of the molecule is CC1C2CC(S(=O)(=O)c3cc(C(=O)Nc4ccc(F)c(F)c4)ccc3Cl)CC1C2(O)C(O)C(O)c1ccc(F)cn1. The van der Waals surface area contributed by atoms with Gasteiger partial charge in [0.25, 0.3) is 5.91 Å². The van der Waals surface area contributed by atoms with E-state index in [0.717, 1.165) is 36.5 Å². The summed E-state index contributed by atoms with van der Waals surface area (Å²) in [6.45, 7) is 1.82. The van der Waals surface area contributed by atoms with E-state index >= 15 is 0 Å². The molecule has 2 bridgehead atoms. The minimum absolute atomic E-state index is 0.0366. The number of nitrogens with zero attached hydrogens (tertiary/aromatic N) is 1. The number of carbonyl (C=O) groups excluding carboxylic acids is 1. The van der Waals surface area contributed by atoms with Crippen molar-refractivity contribution in [3.05, 3.63) is 88.5 Å². The maximum atomic E-state index is 13.7. The highest BCUT2D eigenvalue weighted by Gasteiger charge is 2.68. The minimum Gasteiger partial charge on any atom is -0.387 e. The number of carbonyl (C=O) groups is 1. The summed E-state index contributed by atoms with van der Waals surface area (Å²) in [6.07, 6.45) is -2.58. The Balaban J connectivity index is 1.36. The zero-order valence-corrected chi connectivity index (χ0v) is 23.1. The number of pyridine rings is 1. The second kappa shape index (κ2) is 10.7. The van der Waals surface area contributed by atoms with Gasteiger partial charge in [-0.3, -0.25) is 9.78 Å². The zero-order chi connectivity index (χ0) is 29.9. The van der Waals surface area contributed by atoms with Crippen molar-refractivity contribution < 1.29 is 41.7 Å². The van der Waals surface area contributed by atoms with Crippen LogP contribution in [-0.4, -0.2) is 51.6 Å². The van der Waals surface area contributed by atoms with Gasteiger partial charge in [-0.1, -0.05) is 18.5 Å². The Morgan fingerprint density at radius 3 is 2.34 bits per heavy atom. The predicted octanol–water partition coefficient (Wildman–Crippen LogP) is 4.05. The number of fused-ring (bicyclic) bond motifs is 2. The third kappa shape index (κ3) is 5.01. The molecule has 1 aromatic heterocycles. The van der Waals surface area contributed by atoms with E-state index < -0.39 is 68.1 Å². The van der Waals surface area contributed by atoms with Gasteiger partial charge in [-0.25, -0.2) is 21.6 Å². The summed E-state index contributed by atoms with van der Waals surface area (Å²) in [5, 5.41) is 34.3.